The largest absolute Gasteiger partial charge is 0.461 e. The van der Waals surface area contributed by atoms with E-state index in [0.29, 0.717) is 0 Å². The summed E-state index contributed by atoms with van der Waals surface area (Å²) < 4.78 is 5.17. The lowest BCUT2D eigenvalue weighted by Gasteiger charge is -2.23. The number of hydrogen-bond donors (Lipinski definition) is 0. The van der Waals surface area contributed by atoms with Crippen LogP contribution in [0.5, 0.6) is 0 Å². The van der Waals surface area contributed by atoms with Gasteiger partial charge in [-0.15, -0.1) is 0 Å². The van der Waals surface area contributed by atoms with Crippen molar-refractivity contribution in [1.82, 2.24) is 4.90 Å². The van der Waals surface area contributed by atoms with E-state index in [4.69, 9.17) is 4.74 Å². The Hall–Kier alpha value is -5.17. The first-order chi connectivity index (χ1) is 19.5. The van der Waals surface area contributed by atoms with Crippen LogP contribution in [0.4, 0.5) is 0 Å². The maximum absolute atomic E-state index is 12.7. The average Bonchev–Trinajstić information content (AvgIpc) is 2.95. The molecule has 204 valence electrons. The van der Waals surface area contributed by atoms with Crippen LogP contribution >= 0.6 is 0 Å². The molecule has 0 spiro atoms. The number of hydrogen-bond acceptors (Lipinski definition) is 6. The number of carbonyl (C=O) groups excluding carboxylic acids is 5. The smallest absolute Gasteiger partial charge is 0.355 e. The topological polar surface area (TPSA) is 97.8 Å². The van der Waals surface area contributed by atoms with Crippen LogP contribution in [0.25, 0.3) is 0 Å². The molecule has 2 aliphatic rings. The third kappa shape index (κ3) is 12.9. The lowest BCUT2D eigenvalue weighted by Crippen LogP contribution is -2.39. The van der Waals surface area contributed by atoms with Crippen molar-refractivity contribution in [3.63, 3.8) is 0 Å². The number of allylic oxidation sites excluding steroid dienone is 21. The number of rotatable bonds is 0. The van der Waals surface area contributed by atoms with Crippen LogP contribution in [0.3, 0.4) is 0 Å². The molecule has 0 fully saturated rings. The first kappa shape index (κ1) is 31.1. The monoisotopic (exact) mass is 537 g/mol. The van der Waals surface area contributed by atoms with Crippen molar-refractivity contribution in [2.24, 2.45) is 0 Å². The molecule has 1 amide bonds. The predicted molar refractivity (Wildman–Crippen MR) is 156 cm³/mol. The van der Waals surface area contributed by atoms with Crippen LogP contribution < -0.4 is 0 Å². The second-order valence-corrected chi connectivity index (χ2v) is 8.11. The fourth-order valence-electron chi connectivity index (χ4n) is 3.07. The summed E-state index contributed by atoms with van der Waals surface area (Å²) in [7, 11) is 0. The van der Waals surface area contributed by atoms with Crippen LogP contribution in [0.1, 0.15) is 12.8 Å². The molecule has 0 aromatic heterocycles. The SMILES string of the molecule is O=C1/C=C\C=CCC(=O)CCOC(=O)C2=CC=CCN2C(=O)C(=O)/C=C/C=C\C=C/C=C\C=C/C=C\C=C/C=C\1. The number of amides is 1. The molecule has 2 rings (SSSR count). The molecule has 7 heteroatoms. The Morgan fingerprint density at radius 2 is 1.10 bits per heavy atom. The van der Waals surface area contributed by atoms with E-state index in [-0.39, 0.29) is 43.3 Å². The third-order valence-electron chi connectivity index (χ3n) is 5.05. The summed E-state index contributed by atoms with van der Waals surface area (Å²) in [5.41, 5.74) is -0.0777. The van der Waals surface area contributed by atoms with E-state index in [1.165, 1.54) is 24.3 Å². The molecule has 2 aliphatic heterocycles. The number of Topliss-reactive ketones (excluding diaryl/α,β-unsaturated/α-hetero) is 1. The van der Waals surface area contributed by atoms with Gasteiger partial charge in [-0.25, -0.2) is 4.79 Å². The predicted octanol–water partition coefficient (Wildman–Crippen LogP) is 4.88. The van der Waals surface area contributed by atoms with Crippen molar-refractivity contribution in [2.45, 2.75) is 12.8 Å². The Morgan fingerprint density at radius 1 is 0.575 bits per heavy atom. The van der Waals surface area contributed by atoms with E-state index in [0.717, 1.165) is 11.0 Å². The molecule has 0 bridgehead atoms. The number of esters is 1. The molecule has 0 atom stereocenters. The lowest BCUT2D eigenvalue weighted by atomic mass is 10.2. The molecule has 0 aliphatic carbocycles. The van der Waals surface area contributed by atoms with Crippen molar-refractivity contribution in [2.75, 3.05) is 13.2 Å². The van der Waals surface area contributed by atoms with Gasteiger partial charge in [0.1, 0.15) is 11.5 Å². The standard InChI is InChI=1S/C33H31NO6/c35-28-20-14-11-9-7-5-3-1-2-4-6-8-10-12-17-24-31(37)32(38)34-26-19-18-23-30(34)33(39)40-27-25-29(36)22-16-13-15-21-28/h1-21,23-24H,22,25-27H2/b3-1-,4-2-,7-5-,8-6-,11-9-,12-10-,16-13?,20-14-,21-15-,24-17+. The summed E-state index contributed by atoms with van der Waals surface area (Å²) in [5, 5.41) is 0. The zero-order valence-electron chi connectivity index (χ0n) is 22.0. The van der Waals surface area contributed by atoms with Gasteiger partial charge in [-0.1, -0.05) is 115 Å². The van der Waals surface area contributed by atoms with Gasteiger partial charge in [0.15, 0.2) is 5.78 Å². The summed E-state index contributed by atoms with van der Waals surface area (Å²) in [6, 6.07) is 0. The highest BCUT2D eigenvalue weighted by molar-refractivity contribution is 6.41. The van der Waals surface area contributed by atoms with E-state index in [9.17, 15) is 24.0 Å². The Morgan fingerprint density at radius 3 is 1.70 bits per heavy atom. The molecular weight excluding hydrogens is 506 g/mol. The molecule has 40 heavy (non-hydrogen) atoms. The van der Waals surface area contributed by atoms with Crippen LogP contribution in [0.2, 0.25) is 0 Å². The fourth-order valence-corrected chi connectivity index (χ4v) is 3.07. The molecule has 0 radical (unpaired) electrons. The number of carbonyl (C=O) groups is 5. The molecule has 0 N–H and O–H groups in total. The number of ketones is 3. The first-order valence-electron chi connectivity index (χ1n) is 12.6. The highest BCUT2D eigenvalue weighted by Gasteiger charge is 2.28. The summed E-state index contributed by atoms with van der Waals surface area (Å²) in [4.78, 5) is 62.5. The first-order valence-corrected chi connectivity index (χ1v) is 12.6. The Bertz CT molecular complexity index is 1310. The molecule has 0 aromatic rings. The van der Waals surface area contributed by atoms with Gasteiger partial charge in [0.2, 0.25) is 5.78 Å². The van der Waals surface area contributed by atoms with Gasteiger partial charge >= 0.3 is 5.97 Å². The highest BCUT2D eigenvalue weighted by atomic mass is 16.5. The van der Waals surface area contributed by atoms with Crippen molar-refractivity contribution >= 4 is 29.2 Å². The lowest BCUT2D eigenvalue weighted by molar-refractivity contribution is -0.147. The number of fused-ring (bicyclic) bond motifs is 1. The molecular formula is C33H31NO6. The third-order valence-corrected chi connectivity index (χ3v) is 5.05. The second-order valence-electron chi connectivity index (χ2n) is 8.11. The average molecular weight is 538 g/mol. The number of ether oxygens (including phenoxy) is 1. The van der Waals surface area contributed by atoms with Crippen LogP contribution in [0, 0.1) is 0 Å². The van der Waals surface area contributed by atoms with Crippen LogP contribution in [-0.4, -0.2) is 47.3 Å². The summed E-state index contributed by atoms with van der Waals surface area (Å²) >= 11 is 0. The molecule has 0 saturated carbocycles. The zero-order valence-corrected chi connectivity index (χ0v) is 22.0. The number of nitrogens with zero attached hydrogens (tertiary/aromatic N) is 1. The van der Waals surface area contributed by atoms with Crippen LogP contribution in [0.15, 0.2) is 145 Å². The second kappa shape index (κ2) is 19.0. The van der Waals surface area contributed by atoms with E-state index < -0.39 is 17.7 Å². The molecule has 2 heterocycles. The number of cyclic esters (lactones) is 1. The maximum Gasteiger partial charge on any atom is 0.355 e. The van der Waals surface area contributed by atoms with Crippen molar-refractivity contribution in [3.05, 3.63) is 145 Å². The van der Waals surface area contributed by atoms with Gasteiger partial charge in [-0.2, -0.15) is 0 Å². The van der Waals surface area contributed by atoms with Crippen molar-refractivity contribution in [1.29, 1.82) is 0 Å². The van der Waals surface area contributed by atoms with E-state index in [1.54, 1.807) is 72.9 Å². The minimum absolute atomic E-state index is 0.0205. The van der Waals surface area contributed by atoms with Gasteiger partial charge in [0.05, 0.1) is 6.61 Å². The van der Waals surface area contributed by atoms with Crippen molar-refractivity contribution < 1.29 is 28.7 Å². The normalized spacial score (nSPS) is 25.8. The van der Waals surface area contributed by atoms with Gasteiger partial charge in [0.25, 0.3) is 5.91 Å². The van der Waals surface area contributed by atoms with Gasteiger partial charge in [-0.3, -0.25) is 24.1 Å². The molecule has 7 nitrogen and oxygen atoms in total. The quantitative estimate of drug-likeness (QED) is 0.323. The van der Waals surface area contributed by atoms with E-state index in [2.05, 4.69) is 0 Å². The minimum atomic E-state index is -0.870. The van der Waals surface area contributed by atoms with E-state index in [1.807, 2.05) is 36.5 Å². The van der Waals surface area contributed by atoms with Gasteiger partial charge in [0, 0.05) is 19.4 Å². The Balaban J connectivity index is 2.09. The maximum atomic E-state index is 12.7. The Kier molecular flexibility index (Phi) is 14.7. The van der Waals surface area contributed by atoms with E-state index >= 15 is 0 Å². The molecule has 0 aromatic carbocycles. The summed E-state index contributed by atoms with van der Waals surface area (Å²) in [6.07, 6.45) is 37.9. The summed E-state index contributed by atoms with van der Waals surface area (Å²) in [5.74, 6) is -2.83. The molecule has 0 unspecified atom stereocenters. The van der Waals surface area contributed by atoms with Gasteiger partial charge < -0.3 is 4.74 Å². The fraction of sp³-hybridized carbons (Fsp3) is 0.121. The highest BCUT2D eigenvalue weighted by Crippen LogP contribution is 2.13. The summed E-state index contributed by atoms with van der Waals surface area (Å²) in [6.45, 7) is -0.131. The van der Waals surface area contributed by atoms with Gasteiger partial charge in [-0.05, 0) is 24.3 Å². The van der Waals surface area contributed by atoms with Crippen LogP contribution in [-0.2, 0) is 28.7 Å². The minimum Gasteiger partial charge on any atom is -0.461 e. The zero-order chi connectivity index (χ0) is 28.8. The molecule has 0 saturated heterocycles. The van der Waals surface area contributed by atoms with Crippen molar-refractivity contribution in [3.8, 4) is 0 Å². The Labute approximate surface area is 234 Å².